The lowest BCUT2D eigenvalue weighted by atomic mass is 10.1. The van der Waals surface area contributed by atoms with Crippen LogP contribution in [0.3, 0.4) is 0 Å². The van der Waals surface area contributed by atoms with E-state index in [0.717, 1.165) is 24.3 Å². The van der Waals surface area contributed by atoms with Crippen LogP contribution in [0.25, 0.3) is 0 Å². The van der Waals surface area contributed by atoms with E-state index in [1.807, 2.05) is 16.4 Å². The van der Waals surface area contributed by atoms with Crippen molar-refractivity contribution in [3.8, 4) is 0 Å². The molecule has 0 saturated carbocycles. The number of anilines is 1. The number of amides is 1. The summed E-state index contributed by atoms with van der Waals surface area (Å²) in [6.07, 6.45) is 1.88. The Morgan fingerprint density at radius 1 is 1.23 bits per heavy atom. The third-order valence-electron chi connectivity index (χ3n) is 4.67. The second-order valence-corrected chi connectivity index (χ2v) is 9.05. The first-order chi connectivity index (χ1) is 12.5. The number of benzene rings is 1. The summed E-state index contributed by atoms with van der Waals surface area (Å²) in [5, 5.41) is 5.43. The van der Waals surface area contributed by atoms with Crippen molar-refractivity contribution < 1.29 is 9.18 Å². The summed E-state index contributed by atoms with van der Waals surface area (Å²) in [5.41, 5.74) is 0.988. The summed E-state index contributed by atoms with van der Waals surface area (Å²) >= 11 is 9.18. The van der Waals surface area contributed by atoms with Gasteiger partial charge in [0.2, 0.25) is 5.91 Å². The van der Waals surface area contributed by atoms with Crippen LogP contribution in [0.4, 0.5) is 10.2 Å². The van der Waals surface area contributed by atoms with Crippen molar-refractivity contribution in [2.24, 2.45) is 0 Å². The van der Waals surface area contributed by atoms with Gasteiger partial charge < -0.3 is 5.32 Å². The summed E-state index contributed by atoms with van der Waals surface area (Å²) < 4.78 is 15.4. The largest absolute Gasteiger partial charge is 0.310 e. The highest BCUT2D eigenvalue weighted by Gasteiger charge is 2.32. The van der Waals surface area contributed by atoms with E-state index in [4.69, 9.17) is 11.6 Å². The number of aromatic amines is 1. The molecule has 2 N–H and O–H groups in total. The first-order valence-electron chi connectivity index (χ1n) is 8.33. The molecular weight excluding hydrogens is 397 g/mol. The van der Waals surface area contributed by atoms with Gasteiger partial charge in [-0.1, -0.05) is 17.7 Å². The number of aromatic nitrogens is 2. The van der Waals surface area contributed by atoms with Gasteiger partial charge >= 0.3 is 0 Å². The highest BCUT2D eigenvalue weighted by atomic mass is 35.5. The molecule has 1 aromatic carbocycles. The van der Waals surface area contributed by atoms with Crippen LogP contribution >= 0.6 is 35.1 Å². The fourth-order valence-electron chi connectivity index (χ4n) is 3.40. The number of nitrogens with one attached hydrogen (secondary N) is 2. The van der Waals surface area contributed by atoms with Crippen molar-refractivity contribution >= 4 is 46.8 Å². The maximum Gasteiger partial charge on any atom is 0.270 e. The number of carbonyl (C=O) groups is 1. The third-order valence-corrected chi connectivity index (χ3v) is 7.27. The predicted molar refractivity (Wildman–Crippen MR) is 105 cm³/mol. The van der Waals surface area contributed by atoms with Crippen LogP contribution in [0.1, 0.15) is 35.3 Å². The molecule has 1 amide bonds. The molecule has 26 heavy (non-hydrogen) atoms. The molecule has 2 aromatic rings. The van der Waals surface area contributed by atoms with Gasteiger partial charge in [-0.25, -0.2) is 4.39 Å². The molecule has 0 unspecified atom stereocenters. The molecule has 0 bridgehead atoms. The Labute approximate surface area is 163 Å². The predicted octanol–water partition coefficient (Wildman–Crippen LogP) is 3.81. The Morgan fingerprint density at radius 2 is 2.00 bits per heavy atom. The van der Waals surface area contributed by atoms with Crippen LogP contribution in [0.5, 0.6) is 0 Å². The number of hydrogen-bond donors (Lipinski definition) is 2. The van der Waals surface area contributed by atoms with Gasteiger partial charge in [0, 0.05) is 0 Å². The molecule has 1 fully saturated rings. The number of fused-ring (bicyclic) bond motifs is 1. The van der Waals surface area contributed by atoms with Gasteiger partial charge in [-0.05, 0) is 42.0 Å². The van der Waals surface area contributed by atoms with Crippen molar-refractivity contribution in [3.05, 3.63) is 50.5 Å². The third kappa shape index (κ3) is 3.30. The Hall–Kier alpha value is -1.38. The van der Waals surface area contributed by atoms with E-state index in [2.05, 4.69) is 10.4 Å². The minimum Gasteiger partial charge on any atom is -0.310 e. The van der Waals surface area contributed by atoms with Crippen LogP contribution in [0.15, 0.2) is 23.0 Å². The van der Waals surface area contributed by atoms with Gasteiger partial charge in [0.15, 0.2) is 0 Å². The van der Waals surface area contributed by atoms with Crippen molar-refractivity contribution in [2.45, 2.75) is 24.1 Å². The summed E-state index contributed by atoms with van der Waals surface area (Å²) in [4.78, 5) is 25.0. The minimum atomic E-state index is -0.505. The van der Waals surface area contributed by atoms with Crippen molar-refractivity contribution in [2.75, 3.05) is 22.6 Å². The molecule has 3 heterocycles. The Morgan fingerprint density at radius 3 is 2.73 bits per heavy atom. The molecule has 9 heteroatoms. The zero-order valence-electron chi connectivity index (χ0n) is 13.8. The number of nitrogens with zero attached hydrogens (tertiary/aromatic N) is 1. The lowest BCUT2D eigenvalue weighted by Crippen LogP contribution is -2.22. The molecule has 1 atom stereocenters. The molecule has 4 rings (SSSR count). The number of hydrogen-bond acceptors (Lipinski definition) is 4. The van der Waals surface area contributed by atoms with Crippen LogP contribution in [0.2, 0.25) is 5.02 Å². The van der Waals surface area contributed by atoms with Crippen LogP contribution < -0.4 is 10.9 Å². The van der Waals surface area contributed by atoms with Gasteiger partial charge in [0.1, 0.15) is 11.6 Å². The van der Waals surface area contributed by atoms with Crippen molar-refractivity contribution in [1.82, 2.24) is 9.78 Å². The fraction of sp³-hybridized carbons (Fsp3) is 0.412. The van der Waals surface area contributed by atoms with Gasteiger partial charge in [0.05, 0.1) is 27.6 Å². The molecule has 2 aliphatic heterocycles. The summed E-state index contributed by atoms with van der Waals surface area (Å²) in [6, 6.07) is 4.60. The molecule has 0 spiro atoms. The van der Waals surface area contributed by atoms with E-state index in [9.17, 15) is 14.0 Å². The van der Waals surface area contributed by atoms with E-state index in [1.165, 1.54) is 23.9 Å². The van der Waals surface area contributed by atoms with Gasteiger partial charge in [-0.2, -0.15) is 11.8 Å². The fourth-order valence-corrected chi connectivity index (χ4v) is 5.78. The van der Waals surface area contributed by atoms with E-state index in [-0.39, 0.29) is 33.5 Å². The first-order valence-corrected chi connectivity index (χ1v) is 10.9. The van der Waals surface area contributed by atoms with Gasteiger partial charge in [0.25, 0.3) is 5.56 Å². The van der Waals surface area contributed by atoms with Crippen LogP contribution in [0, 0.1) is 5.82 Å². The van der Waals surface area contributed by atoms with E-state index >= 15 is 0 Å². The Balaban J connectivity index is 1.82. The summed E-state index contributed by atoms with van der Waals surface area (Å²) in [7, 11) is 0. The smallest absolute Gasteiger partial charge is 0.270 e. The Kier molecular flexibility index (Phi) is 5.07. The Bertz CT molecular complexity index is 908. The average Bonchev–Trinajstić information content (AvgIpc) is 2.84. The molecule has 1 saturated heterocycles. The first kappa shape index (κ1) is 18.0. The number of halogens is 2. The number of carbonyl (C=O) groups excluding carboxylic acids is 1. The van der Waals surface area contributed by atoms with Crippen molar-refractivity contribution in [1.29, 1.82) is 0 Å². The quantitative estimate of drug-likeness (QED) is 0.785. The lowest BCUT2D eigenvalue weighted by Gasteiger charge is -2.24. The van der Waals surface area contributed by atoms with Crippen LogP contribution in [-0.2, 0) is 4.79 Å². The topological polar surface area (TPSA) is 66.9 Å². The normalized spacial score (nSPS) is 21.2. The van der Waals surface area contributed by atoms with Crippen molar-refractivity contribution in [3.63, 3.8) is 0 Å². The lowest BCUT2D eigenvalue weighted by molar-refractivity contribution is -0.113. The maximum atomic E-state index is 13.6. The SMILES string of the molecule is O=C1CS[C@H](c2ccc(F)c(Cl)c2)c2c(n(C3CCSCC3)[nH]c2=O)N1. The van der Waals surface area contributed by atoms with E-state index in [0.29, 0.717) is 16.9 Å². The monoisotopic (exact) mass is 413 g/mol. The molecule has 0 radical (unpaired) electrons. The average molecular weight is 414 g/mol. The molecular formula is C17H17ClFN3O2S2. The second-order valence-electron chi connectivity index (χ2n) is 6.33. The summed E-state index contributed by atoms with van der Waals surface area (Å²) in [6.45, 7) is 0. The molecule has 0 aliphatic carbocycles. The molecule has 138 valence electrons. The molecule has 2 aliphatic rings. The van der Waals surface area contributed by atoms with Gasteiger partial charge in [-0.3, -0.25) is 19.4 Å². The summed E-state index contributed by atoms with van der Waals surface area (Å²) in [5.74, 6) is 2.15. The number of rotatable bonds is 2. The molecule has 1 aromatic heterocycles. The maximum absolute atomic E-state index is 13.6. The highest BCUT2D eigenvalue weighted by Crippen LogP contribution is 2.42. The van der Waals surface area contributed by atoms with E-state index in [1.54, 1.807) is 6.07 Å². The highest BCUT2D eigenvalue weighted by molar-refractivity contribution is 8.00. The van der Waals surface area contributed by atoms with Gasteiger partial charge in [-0.15, -0.1) is 11.8 Å². The standard InChI is InChI=1S/C17H17ClFN3O2S2/c18-11-7-9(1-2-12(11)19)15-14-16(20-13(23)8-26-15)22(21-17(14)24)10-3-5-25-6-4-10/h1-2,7,10,15H,3-6,8H2,(H,20,23)(H,21,24)/t15-/m1/s1. The zero-order chi connectivity index (χ0) is 18.3. The van der Waals surface area contributed by atoms with Crippen LogP contribution in [-0.4, -0.2) is 32.9 Å². The second kappa shape index (κ2) is 7.32. The van der Waals surface area contributed by atoms with E-state index < -0.39 is 5.82 Å². The molecule has 5 nitrogen and oxygen atoms in total. The zero-order valence-corrected chi connectivity index (χ0v) is 16.1. The number of H-pyrrole nitrogens is 1. The number of thioether (sulfide) groups is 2. The minimum absolute atomic E-state index is 0.00773.